The van der Waals surface area contributed by atoms with Crippen molar-refractivity contribution in [1.82, 2.24) is 10.2 Å². The van der Waals surface area contributed by atoms with Gasteiger partial charge in [-0.05, 0) is 36.8 Å². The summed E-state index contributed by atoms with van der Waals surface area (Å²) in [5.41, 5.74) is 2.50. The smallest absolute Gasteiger partial charge is 0.231 e. The van der Waals surface area contributed by atoms with Gasteiger partial charge in [0.05, 0.1) is 5.92 Å². The Morgan fingerprint density at radius 1 is 1.37 bits per heavy atom. The van der Waals surface area contributed by atoms with E-state index in [0.717, 1.165) is 32.1 Å². The maximum Gasteiger partial charge on any atom is 0.231 e. The van der Waals surface area contributed by atoms with Crippen LogP contribution in [0.5, 0.6) is 0 Å². The van der Waals surface area contributed by atoms with E-state index in [-0.39, 0.29) is 5.92 Å². The Morgan fingerprint density at radius 3 is 2.89 bits per heavy atom. The molecule has 0 radical (unpaired) electrons. The molecule has 1 saturated carbocycles. The lowest BCUT2D eigenvalue weighted by Gasteiger charge is -2.30. The lowest BCUT2D eigenvalue weighted by Crippen LogP contribution is -2.42. The Morgan fingerprint density at radius 2 is 2.16 bits per heavy atom. The molecule has 0 aromatic heterocycles. The van der Waals surface area contributed by atoms with Crippen LogP contribution in [0.2, 0.25) is 0 Å². The van der Waals surface area contributed by atoms with E-state index in [1.165, 1.54) is 24.0 Å². The van der Waals surface area contributed by atoms with E-state index < -0.39 is 0 Å². The van der Waals surface area contributed by atoms with Crippen LogP contribution >= 0.6 is 0 Å². The van der Waals surface area contributed by atoms with E-state index >= 15 is 0 Å². The second-order valence-corrected chi connectivity index (χ2v) is 5.70. The average molecular weight is 258 g/mol. The number of nitrogens with zero attached hydrogens (tertiary/aromatic N) is 1. The van der Waals surface area contributed by atoms with Gasteiger partial charge in [0.15, 0.2) is 0 Å². The highest BCUT2D eigenvalue weighted by molar-refractivity contribution is 5.84. The molecule has 1 fully saturated rings. The Balaban J connectivity index is 1.79. The van der Waals surface area contributed by atoms with Gasteiger partial charge in [0, 0.05) is 26.2 Å². The topological polar surface area (TPSA) is 32.3 Å². The van der Waals surface area contributed by atoms with Crippen molar-refractivity contribution in [2.75, 3.05) is 19.6 Å². The molecule has 19 heavy (non-hydrogen) atoms. The molecular formula is C16H22N2O. The largest absolute Gasteiger partial charge is 0.342 e. The van der Waals surface area contributed by atoms with Crippen molar-refractivity contribution in [3.05, 3.63) is 35.4 Å². The molecule has 0 saturated heterocycles. The van der Waals surface area contributed by atoms with Crippen LogP contribution in [0.15, 0.2) is 24.3 Å². The first-order chi connectivity index (χ1) is 9.29. The SMILES string of the molecule is CCN(CC1CC1)C(=O)C1CNCc2ccccc21. The van der Waals surface area contributed by atoms with E-state index in [4.69, 9.17) is 0 Å². The van der Waals surface area contributed by atoms with Crippen molar-refractivity contribution < 1.29 is 4.79 Å². The molecule has 3 nitrogen and oxygen atoms in total. The summed E-state index contributed by atoms with van der Waals surface area (Å²) in [5.74, 6) is 1.06. The van der Waals surface area contributed by atoms with Crippen molar-refractivity contribution in [2.24, 2.45) is 5.92 Å². The molecule has 102 valence electrons. The summed E-state index contributed by atoms with van der Waals surface area (Å²) < 4.78 is 0. The van der Waals surface area contributed by atoms with Crippen LogP contribution in [-0.4, -0.2) is 30.4 Å². The number of amides is 1. The van der Waals surface area contributed by atoms with Gasteiger partial charge in [0.1, 0.15) is 0 Å². The zero-order valence-corrected chi connectivity index (χ0v) is 11.6. The van der Waals surface area contributed by atoms with Gasteiger partial charge in [0.2, 0.25) is 5.91 Å². The van der Waals surface area contributed by atoms with Gasteiger partial charge in [-0.1, -0.05) is 24.3 Å². The molecule has 3 rings (SSSR count). The third kappa shape index (κ3) is 2.66. The molecule has 1 N–H and O–H groups in total. The van der Waals surface area contributed by atoms with Gasteiger partial charge in [-0.3, -0.25) is 4.79 Å². The summed E-state index contributed by atoms with van der Waals surface area (Å²) in [6.45, 7) is 5.52. The molecule has 1 heterocycles. The summed E-state index contributed by atoms with van der Waals surface area (Å²) in [6, 6.07) is 8.33. The van der Waals surface area contributed by atoms with Crippen molar-refractivity contribution in [2.45, 2.75) is 32.2 Å². The Bertz CT molecular complexity index is 468. The molecule has 1 unspecified atom stereocenters. The first-order valence-electron chi connectivity index (χ1n) is 7.37. The number of fused-ring (bicyclic) bond motifs is 1. The van der Waals surface area contributed by atoms with Crippen LogP contribution in [0.3, 0.4) is 0 Å². The molecule has 1 aromatic rings. The van der Waals surface area contributed by atoms with Crippen molar-refractivity contribution >= 4 is 5.91 Å². The van der Waals surface area contributed by atoms with Crippen molar-refractivity contribution in [3.8, 4) is 0 Å². The number of hydrogen-bond donors (Lipinski definition) is 1. The predicted octanol–water partition coefficient (Wildman–Crippen LogP) is 2.13. The minimum absolute atomic E-state index is 0.00338. The van der Waals surface area contributed by atoms with Gasteiger partial charge in [0.25, 0.3) is 0 Å². The molecule has 3 heteroatoms. The highest BCUT2D eigenvalue weighted by Crippen LogP contribution is 2.31. The number of nitrogens with one attached hydrogen (secondary N) is 1. The zero-order valence-electron chi connectivity index (χ0n) is 11.6. The van der Waals surface area contributed by atoms with Crippen LogP contribution in [-0.2, 0) is 11.3 Å². The fourth-order valence-electron chi connectivity index (χ4n) is 2.92. The molecule has 0 bridgehead atoms. The van der Waals surface area contributed by atoms with Gasteiger partial charge < -0.3 is 10.2 Å². The van der Waals surface area contributed by atoms with Crippen LogP contribution in [0.1, 0.15) is 36.8 Å². The Labute approximate surface area is 115 Å². The lowest BCUT2D eigenvalue weighted by molar-refractivity contribution is -0.133. The Hall–Kier alpha value is -1.35. The molecule has 2 aliphatic rings. The first kappa shape index (κ1) is 12.7. The number of hydrogen-bond acceptors (Lipinski definition) is 2. The number of carbonyl (C=O) groups excluding carboxylic acids is 1. The summed E-state index contributed by atoms with van der Waals surface area (Å²) in [5, 5.41) is 3.37. The third-order valence-electron chi connectivity index (χ3n) is 4.26. The summed E-state index contributed by atoms with van der Waals surface area (Å²) in [6.07, 6.45) is 2.59. The van der Waals surface area contributed by atoms with Crippen molar-refractivity contribution in [3.63, 3.8) is 0 Å². The van der Waals surface area contributed by atoms with Gasteiger partial charge >= 0.3 is 0 Å². The maximum absolute atomic E-state index is 12.7. The molecule has 1 aromatic carbocycles. The molecule has 1 amide bonds. The van der Waals surface area contributed by atoms with E-state index in [0.29, 0.717) is 5.91 Å². The fourth-order valence-corrected chi connectivity index (χ4v) is 2.92. The zero-order chi connectivity index (χ0) is 13.2. The number of benzene rings is 1. The Kier molecular flexibility index (Phi) is 3.56. The highest BCUT2D eigenvalue weighted by atomic mass is 16.2. The standard InChI is InChI=1S/C16H22N2O/c1-2-18(11-12-7-8-12)16(19)15-10-17-9-13-5-3-4-6-14(13)15/h3-6,12,15,17H,2,7-11H2,1H3. The number of rotatable bonds is 4. The third-order valence-corrected chi connectivity index (χ3v) is 4.26. The second kappa shape index (κ2) is 5.33. The minimum Gasteiger partial charge on any atom is -0.342 e. The minimum atomic E-state index is 0.00338. The van der Waals surface area contributed by atoms with E-state index in [1.807, 2.05) is 11.0 Å². The summed E-state index contributed by atoms with van der Waals surface area (Å²) >= 11 is 0. The second-order valence-electron chi connectivity index (χ2n) is 5.70. The molecule has 1 aliphatic carbocycles. The fraction of sp³-hybridized carbons (Fsp3) is 0.562. The predicted molar refractivity (Wildman–Crippen MR) is 75.9 cm³/mol. The van der Waals surface area contributed by atoms with E-state index in [9.17, 15) is 4.79 Å². The quantitative estimate of drug-likeness (QED) is 0.897. The first-order valence-corrected chi connectivity index (χ1v) is 7.37. The van der Waals surface area contributed by atoms with Gasteiger partial charge in [-0.15, -0.1) is 0 Å². The van der Waals surface area contributed by atoms with Crippen LogP contribution in [0, 0.1) is 5.92 Å². The number of carbonyl (C=O) groups is 1. The molecule has 0 spiro atoms. The number of likely N-dealkylation sites (N-methyl/N-ethyl adjacent to an activating group) is 1. The molecular weight excluding hydrogens is 236 g/mol. The molecule has 1 aliphatic heterocycles. The lowest BCUT2D eigenvalue weighted by atomic mass is 9.89. The van der Waals surface area contributed by atoms with Crippen LogP contribution in [0.4, 0.5) is 0 Å². The maximum atomic E-state index is 12.7. The van der Waals surface area contributed by atoms with E-state index in [2.05, 4.69) is 30.4 Å². The normalized spacial score (nSPS) is 21.8. The van der Waals surface area contributed by atoms with Crippen LogP contribution in [0.25, 0.3) is 0 Å². The van der Waals surface area contributed by atoms with Crippen molar-refractivity contribution in [1.29, 1.82) is 0 Å². The highest BCUT2D eigenvalue weighted by Gasteiger charge is 2.32. The monoisotopic (exact) mass is 258 g/mol. The van der Waals surface area contributed by atoms with Crippen LogP contribution < -0.4 is 5.32 Å². The van der Waals surface area contributed by atoms with E-state index in [1.54, 1.807) is 0 Å². The van der Waals surface area contributed by atoms with Gasteiger partial charge in [-0.25, -0.2) is 0 Å². The summed E-state index contributed by atoms with van der Waals surface area (Å²) in [7, 11) is 0. The summed E-state index contributed by atoms with van der Waals surface area (Å²) in [4.78, 5) is 14.8. The van der Waals surface area contributed by atoms with Gasteiger partial charge in [-0.2, -0.15) is 0 Å². The average Bonchev–Trinajstić information content (AvgIpc) is 3.27. The molecule has 1 atom stereocenters.